The predicted octanol–water partition coefficient (Wildman–Crippen LogP) is 3.32. The Kier molecular flexibility index (Phi) is 3.32. The van der Waals surface area contributed by atoms with E-state index in [4.69, 9.17) is 4.52 Å². The van der Waals surface area contributed by atoms with Crippen molar-refractivity contribution in [3.05, 3.63) is 22.3 Å². The van der Waals surface area contributed by atoms with E-state index in [1.807, 2.05) is 11.3 Å². The molecule has 1 N–H and O–H groups in total. The number of thiophene rings is 1. The first-order chi connectivity index (χ1) is 9.88. The molecule has 1 saturated carbocycles. The molecule has 0 radical (unpaired) electrons. The standard InChI is InChI=1S/C15H19N3OS/c1-2-4-10-8-13(20-12(10)5-3-1)15-17-14(18-19-15)9-16-11-6-7-11/h8,11,16H,1-7,9H2. The van der Waals surface area contributed by atoms with Gasteiger partial charge in [0.25, 0.3) is 5.89 Å². The molecule has 0 unspecified atom stereocenters. The number of aromatic nitrogens is 2. The van der Waals surface area contributed by atoms with Gasteiger partial charge in [0.2, 0.25) is 0 Å². The Bertz CT molecular complexity index is 577. The third-order valence-electron chi connectivity index (χ3n) is 4.05. The van der Waals surface area contributed by atoms with E-state index in [0.29, 0.717) is 11.9 Å². The number of rotatable bonds is 4. The molecule has 106 valence electrons. The van der Waals surface area contributed by atoms with Crippen molar-refractivity contribution < 1.29 is 4.52 Å². The first-order valence-electron chi connectivity index (χ1n) is 7.56. The first-order valence-corrected chi connectivity index (χ1v) is 8.38. The van der Waals surface area contributed by atoms with Crippen molar-refractivity contribution in [3.8, 4) is 10.8 Å². The molecule has 0 atom stereocenters. The molecule has 5 heteroatoms. The van der Waals surface area contributed by atoms with Gasteiger partial charge in [-0.15, -0.1) is 11.3 Å². The van der Waals surface area contributed by atoms with Gasteiger partial charge in [0.15, 0.2) is 5.82 Å². The maximum absolute atomic E-state index is 5.42. The lowest BCUT2D eigenvalue weighted by atomic mass is 10.1. The molecule has 2 heterocycles. The van der Waals surface area contributed by atoms with Crippen molar-refractivity contribution in [1.82, 2.24) is 15.5 Å². The van der Waals surface area contributed by atoms with E-state index in [9.17, 15) is 0 Å². The zero-order chi connectivity index (χ0) is 13.4. The van der Waals surface area contributed by atoms with E-state index in [1.54, 1.807) is 0 Å². The molecule has 0 aromatic carbocycles. The highest BCUT2D eigenvalue weighted by Gasteiger charge is 2.22. The minimum atomic E-state index is 0.676. The summed E-state index contributed by atoms with van der Waals surface area (Å²) in [7, 11) is 0. The van der Waals surface area contributed by atoms with E-state index in [2.05, 4.69) is 21.5 Å². The van der Waals surface area contributed by atoms with Crippen LogP contribution in [0.3, 0.4) is 0 Å². The monoisotopic (exact) mass is 289 g/mol. The van der Waals surface area contributed by atoms with E-state index < -0.39 is 0 Å². The van der Waals surface area contributed by atoms with Gasteiger partial charge in [-0.05, 0) is 50.2 Å². The second-order valence-corrected chi connectivity index (χ2v) is 6.93. The fourth-order valence-electron chi connectivity index (χ4n) is 2.72. The molecule has 0 aliphatic heterocycles. The number of fused-ring (bicyclic) bond motifs is 1. The fraction of sp³-hybridized carbons (Fsp3) is 0.600. The fourth-order valence-corrected chi connectivity index (χ4v) is 3.90. The molecular formula is C15H19N3OS. The molecule has 4 nitrogen and oxygen atoms in total. The zero-order valence-electron chi connectivity index (χ0n) is 11.5. The van der Waals surface area contributed by atoms with Crippen molar-refractivity contribution in [2.24, 2.45) is 0 Å². The lowest BCUT2D eigenvalue weighted by molar-refractivity contribution is 0.420. The number of aryl methyl sites for hydroxylation is 2. The van der Waals surface area contributed by atoms with Crippen LogP contribution < -0.4 is 5.32 Å². The molecule has 1 fully saturated rings. The quantitative estimate of drug-likeness (QED) is 0.877. The van der Waals surface area contributed by atoms with Crippen LogP contribution in [0, 0.1) is 0 Å². The Labute approximate surface area is 122 Å². The molecule has 20 heavy (non-hydrogen) atoms. The average Bonchev–Trinajstić information content (AvgIpc) is 3.10. The summed E-state index contributed by atoms with van der Waals surface area (Å²) in [5.41, 5.74) is 1.50. The first kappa shape index (κ1) is 12.5. The van der Waals surface area contributed by atoms with E-state index in [0.717, 1.165) is 17.2 Å². The van der Waals surface area contributed by atoms with Gasteiger partial charge in [0.05, 0.1) is 11.4 Å². The van der Waals surface area contributed by atoms with E-state index in [1.165, 1.54) is 55.4 Å². The maximum atomic E-state index is 5.42. The minimum absolute atomic E-state index is 0.676. The highest BCUT2D eigenvalue weighted by atomic mass is 32.1. The number of hydrogen-bond acceptors (Lipinski definition) is 5. The minimum Gasteiger partial charge on any atom is -0.333 e. The summed E-state index contributed by atoms with van der Waals surface area (Å²) in [6.45, 7) is 0.721. The van der Waals surface area contributed by atoms with Crippen LogP contribution in [0.5, 0.6) is 0 Å². The van der Waals surface area contributed by atoms with Crippen molar-refractivity contribution >= 4 is 11.3 Å². The predicted molar refractivity (Wildman–Crippen MR) is 78.7 cm³/mol. The van der Waals surface area contributed by atoms with E-state index >= 15 is 0 Å². The average molecular weight is 289 g/mol. The third kappa shape index (κ3) is 2.65. The van der Waals surface area contributed by atoms with Crippen LogP contribution in [0.1, 0.15) is 48.4 Å². The molecule has 2 aliphatic carbocycles. The second kappa shape index (κ2) is 5.30. The van der Waals surface area contributed by atoms with Gasteiger partial charge in [0.1, 0.15) is 0 Å². The van der Waals surface area contributed by atoms with Crippen LogP contribution in [0.4, 0.5) is 0 Å². The van der Waals surface area contributed by atoms with Crippen LogP contribution in [0.15, 0.2) is 10.6 Å². The summed E-state index contributed by atoms with van der Waals surface area (Å²) in [5.74, 6) is 1.46. The Morgan fingerprint density at radius 3 is 3.05 bits per heavy atom. The molecule has 0 spiro atoms. The van der Waals surface area contributed by atoms with Crippen LogP contribution in [0.2, 0.25) is 0 Å². The summed E-state index contributed by atoms with van der Waals surface area (Å²) in [6.07, 6.45) is 8.95. The Morgan fingerprint density at radius 2 is 2.15 bits per heavy atom. The summed E-state index contributed by atoms with van der Waals surface area (Å²) >= 11 is 1.84. The van der Waals surface area contributed by atoms with Crippen molar-refractivity contribution in [2.75, 3.05) is 0 Å². The molecular weight excluding hydrogens is 270 g/mol. The maximum Gasteiger partial charge on any atom is 0.268 e. The molecule has 2 aromatic heterocycles. The molecule has 2 aliphatic rings. The highest BCUT2D eigenvalue weighted by Crippen LogP contribution is 2.34. The van der Waals surface area contributed by atoms with Gasteiger partial charge in [-0.25, -0.2) is 0 Å². The molecule has 0 amide bonds. The van der Waals surface area contributed by atoms with Gasteiger partial charge in [-0.1, -0.05) is 11.6 Å². The Hall–Kier alpha value is -1.20. The number of nitrogens with zero attached hydrogens (tertiary/aromatic N) is 2. The molecule has 2 aromatic rings. The van der Waals surface area contributed by atoms with Crippen molar-refractivity contribution in [2.45, 2.75) is 57.5 Å². The lowest BCUT2D eigenvalue weighted by Gasteiger charge is -1.94. The molecule has 0 saturated heterocycles. The van der Waals surface area contributed by atoms with Crippen molar-refractivity contribution in [3.63, 3.8) is 0 Å². The van der Waals surface area contributed by atoms with Crippen LogP contribution in [-0.2, 0) is 19.4 Å². The van der Waals surface area contributed by atoms with Gasteiger partial charge in [-0.3, -0.25) is 0 Å². The van der Waals surface area contributed by atoms with E-state index in [-0.39, 0.29) is 0 Å². The topological polar surface area (TPSA) is 51.0 Å². The van der Waals surface area contributed by atoms with Gasteiger partial charge in [0, 0.05) is 10.9 Å². The molecule has 0 bridgehead atoms. The van der Waals surface area contributed by atoms with Crippen LogP contribution in [-0.4, -0.2) is 16.2 Å². The normalized spacial score (nSPS) is 18.8. The Balaban J connectivity index is 1.51. The third-order valence-corrected chi connectivity index (χ3v) is 5.28. The van der Waals surface area contributed by atoms with Crippen LogP contribution >= 0.6 is 11.3 Å². The zero-order valence-corrected chi connectivity index (χ0v) is 12.3. The largest absolute Gasteiger partial charge is 0.333 e. The van der Waals surface area contributed by atoms with Gasteiger partial charge < -0.3 is 9.84 Å². The van der Waals surface area contributed by atoms with Gasteiger partial charge in [-0.2, -0.15) is 4.98 Å². The number of nitrogens with one attached hydrogen (secondary N) is 1. The SMILES string of the molecule is c1c(-c2nc(CNC3CC3)no2)sc2c1CCCCC2. The summed E-state index contributed by atoms with van der Waals surface area (Å²) in [4.78, 5) is 7.18. The van der Waals surface area contributed by atoms with Gasteiger partial charge >= 0.3 is 0 Å². The van der Waals surface area contributed by atoms with Crippen LogP contribution in [0.25, 0.3) is 10.8 Å². The lowest BCUT2D eigenvalue weighted by Crippen LogP contribution is -2.16. The van der Waals surface area contributed by atoms with Crippen molar-refractivity contribution in [1.29, 1.82) is 0 Å². The Morgan fingerprint density at radius 1 is 1.25 bits per heavy atom. The number of hydrogen-bond donors (Lipinski definition) is 1. The summed E-state index contributed by atoms with van der Waals surface area (Å²) < 4.78 is 5.42. The highest BCUT2D eigenvalue weighted by molar-refractivity contribution is 7.15. The second-order valence-electron chi connectivity index (χ2n) is 5.79. The molecule has 4 rings (SSSR count). The summed E-state index contributed by atoms with van der Waals surface area (Å²) in [6, 6.07) is 2.94. The summed E-state index contributed by atoms with van der Waals surface area (Å²) in [5, 5.41) is 7.49. The smallest absolute Gasteiger partial charge is 0.268 e.